The first-order valence-electron chi connectivity index (χ1n) is 5.43. The van der Waals surface area contributed by atoms with Crippen molar-refractivity contribution in [2.75, 3.05) is 4.72 Å². The number of rotatable bonds is 3. The molecule has 19 heavy (non-hydrogen) atoms. The monoisotopic (exact) mass is 283 g/mol. The van der Waals surface area contributed by atoms with E-state index < -0.39 is 21.7 Å². The molecule has 6 heteroatoms. The molecule has 0 saturated carbocycles. The minimum Gasteiger partial charge on any atom is -0.280 e. The third-order valence-corrected chi connectivity index (χ3v) is 4.04. The molecule has 0 unspecified atom stereocenters. The molecule has 0 atom stereocenters. The molecule has 0 amide bonds. The van der Waals surface area contributed by atoms with Crippen molar-refractivity contribution in [3.63, 3.8) is 0 Å². The van der Waals surface area contributed by atoms with Crippen molar-refractivity contribution in [3.8, 4) is 0 Å². The lowest BCUT2D eigenvalue weighted by molar-refractivity contribution is 0.598. The zero-order valence-electron chi connectivity index (χ0n) is 10.0. The highest BCUT2D eigenvalue weighted by atomic mass is 32.2. The zero-order valence-corrected chi connectivity index (χ0v) is 10.8. The molecule has 0 radical (unpaired) electrons. The standard InChI is InChI=1S/C13H11F2NO2S/c1-9-7-11(15)5-6-13(9)19(17,18)16-12-4-2-3-10(14)8-12/h2-8,16H,1H3. The van der Waals surface area contributed by atoms with Gasteiger partial charge in [-0.3, -0.25) is 4.72 Å². The molecule has 0 fully saturated rings. The van der Waals surface area contributed by atoms with Crippen LogP contribution < -0.4 is 4.72 Å². The maximum absolute atomic E-state index is 13.0. The van der Waals surface area contributed by atoms with Crippen molar-refractivity contribution in [2.24, 2.45) is 0 Å². The van der Waals surface area contributed by atoms with Gasteiger partial charge < -0.3 is 0 Å². The predicted molar refractivity (Wildman–Crippen MR) is 68.3 cm³/mol. The molecule has 0 aliphatic carbocycles. The van der Waals surface area contributed by atoms with Crippen LogP contribution in [0.2, 0.25) is 0 Å². The van der Waals surface area contributed by atoms with Crippen molar-refractivity contribution in [1.29, 1.82) is 0 Å². The summed E-state index contributed by atoms with van der Waals surface area (Å²) in [6.45, 7) is 1.49. The van der Waals surface area contributed by atoms with E-state index in [1.54, 1.807) is 0 Å². The fourth-order valence-corrected chi connectivity index (χ4v) is 2.95. The molecule has 2 rings (SSSR count). The number of hydrogen-bond donors (Lipinski definition) is 1. The summed E-state index contributed by atoms with van der Waals surface area (Å²) < 4.78 is 52.4. The second kappa shape index (κ2) is 4.97. The molecule has 2 aromatic rings. The van der Waals surface area contributed by atoms with Crippen LogP contribution in [-0.4, -0.2) is 8.42 Å². The quantitative estimate of drug-likeness (QED) is 0.941. The molecule has 0 aliphatic heterocycles. The zero-order chi connectivity index (χ0) is 14.0. The van der Waals surface area contributed by atoms with Crippen molar-refractivity contribution >= 4 is 15.7 Å². The summed E-state index contributed by atoms with van der Waals surface area (Å²) in [5.74, 6) is -1.06. The molecule has 0 spiro atoms. The number of hydrogen-bond acceptors (Lipinski definition) is 2. The molecule has 0 heterocycles. The lowest BCUT2D eigenvalue weighted by Crippen LogP contribution is -2.14. The molecular formula is C13H11F2NO2S. The fourth-order valence-electron chi connectivity index (χ4n) is 1.68. The van der Waals surface area contributed by atoms with Gasteiger partial charge in [-0.05, 0) is 48.9 Å². The van der Waals surface area contributed by atoms with Crippen LogP contribution in [0.1, 0.15) is 5.56 Å². The van der Waals surface area contributed by atoms with Crippen LogP contribution in [0.4, 0.5) is 14.5 Å². The summed E-state index contributed by atoms with van der Waals surface area (Å²) >= 11 is 0. The molecule has 0 aromatic heterocycles. The Hall–Kier alpha value is -1.95. The van der Waals surface area contributed by atoms with E-state index in [0.29, 0.717) is 0 Å². The predicted octanol–water partition coefficient (Wildman–Crippen LogP) is 3.07. The maximum Gasteiger partial charge on any atom is 0.262 e. The van der Waals surface area contributed by atoms with Gasteiger partial charge >= 0.3 is 0 Å². The summed E-state index contributed by atoms with van der Waals surface area (Å²) in [5.41, 5.74) is 0.396. The Labute approximate surface area is 109 Å². The van der Waals surface area contributed by atoms with Crippen LogP contribution >= 0.6 is 0 Å². The van der Waals surface area contributed by atoms with E-state index in [0.717, 1.165) is 18.2 Å². The van der Waals surface area contributed by atoms with Crippen molar-refractivity contribution in [3.05, 3.63) is 59.7 Å². The van der Waals surface area contributed by atoms with E-state index in [2.05, 4.69) is 4.72 Å². The molecule has 3 nitrogen and oxygen atoms in total. The number of halogens is 2. The van der Waals surface area contributed by atoms with Gasteiger partial charge in [0.1, 0.15) is 11.6 Å². The van der Waals surface area contributed by atoms with Gasteiger partial charge in [-0.1, -0.05) is 6.07 Å². The molecule has 0 saturated heterocycles. The lowest BCUT2D eigenvalue weighted by atomic mass is 10.2. The summed E-state index contributed by atoms with van der Waals surface area (Å²) in [7, 11) is -3.86. The van der Waals surface area contributed by atoms with Gasteiger partial charge in [0.2, 0.25) is 0 Å². The van der Waals surface area contributed by atoms with E-state index in [9.17, 15) is 17.2 Å². The molecule has 2 aromatic carbocycles. The van der Waals surface area contributed by atoms with Gasteiger partial charge in [-0.25, -0.2) is 17.2 Å². The minimum absolute atomic E-state index is 0.0434. The molecular weight excluding hydrogens is 272 g/mol. The van der Waals surface area contributed by atoms with Gasteiger partial charge in [-0.2, -0.15) is 0 Å². The Morgan fingerprint density at radius 2 is 1.68 bits per heavy atom. The topological polar surface area (TPSA) is 46.2 Å². The van der Waals surface area contributed by atoms with Gasteiger partial charge in [0.05, 0.1) is 10.6 Å². The number of benzene rings is 2. The van der Waals surface area contributed by atoms with Crippen LogP contribution in [-0.2, 0) is 10.0 Å². The van der Waals surface area contributed by atoms with Crippen LogP contribution in [0, 0.1) is 18.6 Å². The van der Waals surface area contributed by atoms with Crippen LogP contribution in [0.15, 0.2) is 47.4 Å². The Morgan fingerprint density at radius 1 is 1.00 bits per heavy atom. The first kappa shape index (κ1) is 13.5. The lowest BCUT2D eigenvalue weighted by Gasteiger charge is -2.10. The highest BCUT2D eigenvalue weighted by molar-refractivity contribution is 7.92. The average Bonchev–Trinajstić information content (AvgIpc) is 2.27. The van der Waals surface area contributed by atoms with Crippen molar-refractivity contribution < 1.29 is 17.2 Å². The summed E-state index contributed by atoms with van der Waals surface area (Å²) in [6.07, 6.45) is 0. The molecule has 0 bridgehead atoms. The summed E-state index contributed by atoms with van der Waals surface area (Å²) in [6, 6.07) is 8.46. The van der Waals surface area contributed by atoms with Gasteiger partial charge in [-0.15, -0.1) is 0 Å². The Kier molecular flexibility index (Phi) is 3.53. The van der Waals surface area contributed by atoms with E-state index >= 15 is 0 Å². The van der Waals surface area contributed by atoms with Crippen LogP contribution in [0.25, 0.3) is 0 Å². The van der Waals surface area contributed by atoms with Gasteiger partial charge in [0, 0.05) is 0 Å². The Balaban J connectivity index is 2.38. The smallest absolute Gasteiger partial charge is 0.262 e. The SMILES string of the molecule is Cc1cc(F)ccc1S(=O)(=O)Nc1cccc(F)c1. The van der Waals surface area contributed by atoms with Crippen LogP contribution in [0.5, 0.6) is 0 Å². The van der Waals surface area contributed by atoms with Crippen molar-refractivity contribution in [2.45, 2.75) is 11.8 Å². The fraction of sp³-hybridized carbons (Fsp3) is 0.0769. The van der Waals surface area contributed by atoms with E-state index in [1.165, 1.54) is 31.2 Å². The van der Waals surface area contributed by atoms with Crippen LogP contribution in [0.3, 0.4) is 0 Å². The Bertz CT molecular complexity index is 714. The van der Waals surface area contributed by atoms with Gasteiger partial charge in [0.25, 0.3) is 10.0 Å². The molecule has 1 N–H and O–H groups in total. The number of nitrogens with one attached hydrogen (secondary N) is 1. The normalized spacial score (nSPS) is 11.3. The molecule has 0 aliphatic rings. The third kappa shape index (κ3) is 3.08. The first-order chi connectivity index (χ1) is 8.88. The summed E-state index contributed by atoms with van der Waals surface area (Å²) in [5, 5.41) is 0. The average molecular weight is 283 g/mol. The first-order valence-corrected chi connectivity index (χ1v) is 6.91. The second-order valence-electron chi connectivity index (χ2n) is 4.03. The number of anilines is 1. The number of sulfonamides is 1. The maximum atomic E-state index is 13.0. The van der Waals surface area contributed by atoms with E-state index in [-0.39, 0.29) is 16.1 Å². The second-order valence-corrected chi connectivity index (χ2v) is 5.68. The van der Waals surface area contributed by atoms with Crippen molar-refractivity contribution in [1.82, 2.24) is 0 Å². The highest BCUT2D eigenvalue weighted by Gasteiger charge is 2.17. The minimum atomic E-state index is -3.86. The van der Waals surface area contributed by atoms with E-state index in [1.807, 2.05) is 0 Å². The molecule has 100 valence electrons. The highest BCUT2D eigenvalue weighted by Crippen LogP contribution is 2.20. The third-order valence-electron chi connectivity index (χ3n) is 2.50. The summed E-state index contributed by atoms with van der Waals surface area (Å²) in [4.78, 5) is -0.0434. The van der Waals surface area contributed by atoms with E-state index in [4.69, 9.17) is 0 Å². The number of aryl methyl sites for hydroxylation is 1. The largest absolute Gasteiger partial charge is 0.280 e. The van der Waals surface area contributed by atoms with Gasteiger partial charge in [0.15, 0.2) is 0 Å². The Morgan fingerprint density at radius 3 is 2.32 bits per heavy atom.